The summed E-state index contributed by atoms with van der Waals surface area (Å²) < 4.78 is 5.06. The van der Waals surface area contributed by atoms with Crippen LogP contribution in [0, 0.1) is 0 Å². The number of carbonyl (C=O) groups is 2. The normalized spacial score (nSPS) is 9.80. The number of Topliss-reactive ketones (excluding diaryl/α,β-unsaturated/α-hetero) is 1. The van der Waals surface area contributed by atoms with Crippen LogP contribution in [-0.2, 0) is 20.7 Å². The third-order valence-electron chi connectivity index (χ3n) is 1.76. The Balaban J connectivity index is 2.77. The number of hydrogen-bond donors (Lipinski definition) is 0. The number of esters is 1. The van der Waals surface area contributed by atoms with E-state index in [0.717, 1.165) is 4.47 Å². The molecule has 0 unspecified atom stereocenters. The van der Waals surface area contributed by atoms with E-state index in [4.69, 9.17) is 11.6 Å². The second-order valence-electron chi connectivity index (χ2n) is 2.84. The molecule has 0 radical (unpaired) electrons. The fourth-order valence-corrected chi connectivity index (χ4v) is 1.47. The Morgan fingerprint density at radius 2 is 2.13 bits per heavy atom. The van der Waals surface area contributed by atoms with Gasteiger partial charge in [0.15, 0.2) is 0 Å². The molecule has 0 fully saturated rings. The number of ether oxygens (including phenoxy) is 1. The van der Waals surface area contributed by atoms with Crippen LogP contribution in [0.2, 0.25) is 5.02 Å². The molecule has 0 aliphatic carbocycles. The molecular formula is C10H8BrClO3. The van der Waals surface area contributed by atoms with Crippen molar-refractivity contribution < 1.29 is 14.3 Å². The first-order chi connectivity index (χ1) is 7.04. The van der Waals surface area contributed by atoms with Crippen LogP contribution in [0.4, 0.5) is 0 Å². The van der Waals surface area contributed by atoms with Crippen molar-refractivity contribution in [2.45, 2.75) is 6.42 Å². The van der Waals surface area contributed by atoms with Crippen molar-refractivity contribution in [3.05, 3.63) is 33.3 Å². The summed E-state index contributed by atoms with van der Waals surface area (Å²) in [7, 11) is 1.18. The van der Waals surface area contributed by atoms with Gasteiger partial charge in [-0.25, -0.2) is 4.79 Å². The third kappa shape index (κ3) is 3.32. The smallest absolute Gasteiger partial charge is 0.374 e. The van der Waals surface area contributed by atoms with Crippen LogP contribution in [0.3, 0.4) is 0 Å². The topological polar surface area (TPSA) is 43.4 Å². The molecule has 0 bridgehead atoms. The van der Waals surface area contributed by atoms with Crippen molar-refractivity contribution in [1.82, 2.24) is 0 Å². The summed E-state index contributed by atoms with van der Waals surface area (Å²) in [6.07, 6.45) is -0.000324. The highest BCUT2D eigenvalue weighted by Gasteiger charge is 2.14. The fourth-order valence-electron chi connectivity index (χ4n) is 1.02. The maximum absolute atomic E-state index is 11.2. The summed E-state index contributed by atoms with van der Waals surface area (Å²) in [5, 5.41) is 0.505. The van der Waals surface area contributed by atoms with Gasteiger partial charge in [0.2, 0.25) is 5.78 Å². The van der Waals surface area contributed by atoms with Crippen LogP contribution in [-0.4, -0.2) is 18.9 Å². The van der Waals surface area contributed by atoms with Crippen LogP contribution in [0.5, 0.6) is 0 Å². The van der Waals surface area contributed by atoms with E-state index in [1.165, 1.54) is 7.11 Å². The van der Waals surface area contributed by atoms with Gasteiger partial charge in [0.05, 0.1) is 12.1 Å². The molecule has 15 heavy (non-hydrogen) atoms. The first kappa shape index (κ1) is 12.2. The largest absolute Gasteiger partial charge is 0.463 e. The molecule has 0 saturated carbocycles. The number of methoxy groups -OCH3 is 1. The van der Waals surface area contributed by atoms with Crippen molar-refractivity contribution in [2.24, 2.45) is 0 Å². The molecule has 1 aromatic rings. The quantitative estimate of drug-likeness (QED) is 0.634. The molecule has 0 heterocycles. The summed E-state index contributed by atoms with van der Waals surface area (Å²) >= 11 is 9.07. The fraction of sp³-hybridized carbons (Fsp3) is 0.200. The minimum absolute atomic E-state index is 0.000324. The second kappa shape index (κ2) is 5.28. The number of carbonyl (C=O) groups excluding carboxylic acids is 2. The summed E-state index contributed by atoms with van der Waals surface area (Å²) in [5.74, 6) is -1.43. The first-order valence-electron chi connectivity index (χ1n) is 4.09. The van der Waals surface area contributed by atoms with Crippen molar-refractivity contribution >= 4 is 39.3 Å². The highest BCUT2D eigenvalue weighted by atomic mass is 79.9. The van der Waals surface area contributed by atoms with E-state index in [9.17, 15) is 9.59 Å². The summed E-state index contributed by atoms with van der Waals surface area (Å²) in [4.78, 5) is 22.1. The van der Waals surface area contributed by atoms with Gasteiger partial charge >= 0.3 is 5.97 Å². The average molecular weight is 292 g/mol. The van der Waals surface area contributed by atoms with Gasteiger partial charge in [-0.1, -0.05) is 17.7 Å². The van der Waals surface area contributed by atoms with Crippen LogP contribution >= 0.6 is 27.5 Å². The first-order valence-corrected chi connectivity index (χ1v) is 5.26. The molecule has 0 amide bonds. The van der Waals surface area contributed by atoms with Gasteiger partial charge in [-0.15, -0.1) is 0 Å². The van der Waals surface area contributed by atoms with Gasteiger partial charge < -0.3 is 4.74 Å². The Morgan fingerprint density at radius 3 is 2.67 bits per heavy atom. The van der Waals surface area contributed by atoms with E-state index >= 15 is 0 Å². The van der Waals surface area contributed by atoms with Crippen molar-refractivity contribution in [3.63, 3.8) is 0 Å². The maximum atomic E-state index is 11.2. The standard InChI is InChI=1S/C10H8BrClO3/c1-15-10(14)9(13)5-6-2-3-7(11)8(12)4-6/h2-4H,5H2,1H3. The lowest BCUT2D eigenvalue weighted by Gasteiger charge is -2.01. The lowest BCUT2D eigenvalue weighted by atomic mass is 10.1. The second-order valence-corrected chi connectivity index (χ2v) is 4.10. The molecule has 1 rings (SSSR count). The predicted molar refractivity (Wildman–Crippen MR) is 59.9 cm³/mol. The highest BCUT2D eigenvalue weighted by Crippen LogP contribution is 2.23. The number of hydrogen-bond acceptors (Lipinski definition) is 3. The highest BCUT2D eigenvalue weighted by molar-refractivity contribution is 9.10. The third-order valence-corrected chi connectivity index (χ3v) is 2.99. The van der Waals surface area contributed by atoms with Crippen LogP contribution in [0.1, 0.15) is 5.56 Å². The van der Waals surface area contributed by atoms with Gasteiger partial charge in [0, 0.05) is 10.9 Å². The van der Waals surface area contributed by atoms with Crippen LogP contribution in [0.15, 0.2) is 22.7 Å². The number of ketones is 1. The molecule has 1 aromatic carbocycles. The van der Waals surface area contributed by atoms with Gasteiger partial charge in [-0.05, 0) is 33.6 Å². The summed E-state index contributed by atoms with van der Waals surface area (Å²) in [6, 6.07) is 5.07. The van der Waals surface area contributed by atoms with Gasteiger partial charge in [-0.3, -0.25) is 4.79 Å². The number of halogens is 2. The van der Waals surface area contributed by atoms with Crippen LogP contribution < -0.4 is 0 Å². The Kier molecular flexibility index (Phi) is 4.29. The molecule has 0 aliphatic rings. The lowest BCUT2D eigenvalue weighted by Crippen LogP contribution is -2.17. The average Bonchev–Trinajstić information content (AvgIpc) is 2.22. The van der Waals surface area contributed by atoms with E-state index in [0.29, 0.717) is 10.6 Å². The molecule has 80 valence electrons. The Labute approximate surface area is 100 Å². The number of rotatable bonds is 3. The van der Waals surface area contributed by atoms with E-state index in [1.807, 2.05) is 0 Å². The zero-order valence-corrected chi connectivity index (χ0v) is 10.3. The minimum atomic E-state index is -0.839. The molecule has 3 nitrogen and oxygen atoms in total. The molecular weight excluding hydrogens is 283 g/mol. The Hall–Kier alpha value is -0.870. The predicted octanol–water partition coefficient (Wildman–Crippen LogP) is 2.39. The molecule has 5 heteroatoms. The minimum Gasteiger partial charge on any atom is -0.463 e. The zero-order valence-electron chi connectivity index (χ0n) is 7.92. The van der Waals surface area contributed by atoms with Crippen molar-refractivity contribution in [1.29, 1.82) is 0 Å². The lowest BCUT2D eigenvalue weighted by molar-refractivity contribution is -0.151. The SMILES string of the molecule is COC(=O)C(=O)Cc1ccc(Br)c(Cl)c1. The molecule has 0 saturated heterocycles. The van der Waals surface area contributed by atoms with Gasteiger partial charge in [-0.2, -0.15) is 0 Å². The molecule has 0 atom stereocenters. The van der Waals surface area contributed by atoms with Crippen molar-refractivity contribution in [2.75, 3.05) is 7.11 Å². The molecule has 0 aliphatic heterocycles. The maximum Gasteiger partial charge on any atom is 0.374 e. The molecule has 0 N–H and O–H groups in total. The van der Waals surface area contributed by atoms with E-state index in [1.54, 1.807) is 18.2 Å². The Morgan fingerprint density at radius 1 is 1.47 bits per heavy atom. The van der Waals surface area contributed by atoms with Gasteiger partial charge in [0.25, 0.3) is 0 Å². The van der Waals surface area contributed by atoms with Crippen LogP contribution in [0.25, 0.3) is 0 Å². The van der Waals surface area contributed by atoms with E-state index < -0.39 is 11.8 Å². The summed E-state index contributed by atoms with van der Waals surface area (Å²) in [5.41, 5.74) is 0.679. The zero-order chi connectivity index (χ0) is 11.4. The molecule has 0 aromatic heterocycles. The van der Waals surface area contributed by atoms with E-state index in [2.05, 4.69) is 20.7 Å². The monoisotopic (exact) mass is 290 g/mol. The van der Waals surface area contributed by atoms with E-state index in [-0.39, 0.29) is 6.42 Å². The summed E-state index contributed by atoms with van der Waals surface area (Å²) in [6.45, 7) is 0. The van der Waals surface area contributed by atoms with Gasteiger partial charge in [0.1, 0.15) is 0 Å². The number of benzene rings is 1. The Bertz CT molecular complexity index is 404. The van der Waals surface area contributed by atoms with Crippen molar-refractivity contribution in [3.8, 4) is 0 Å². The molecule has 0 spiro atoms.